The van der Waals surface area contributed by atoms with Crippen LogP contribution in [-0.2, 0) is 20.7 Å². The van der Waals surface area contributed by atoms with Gasteiger partial charge in [-0.25, -0.2) is 0 Å². The summed E-state index contributed by atoms with van der Waals surface area (Å²) >= 11 is 0. The van der Waals surface area contributed by atoms with Crippen LogP contribution in [0, 0.1) is 5.92 Å². The number of anilines is 1. The summed E-state index contributed by atoms with van der Waals surface area (Å²) in [4.78, 5) is 23.2. The Labute approximate surface area is 98.5 Å². The standard InChI is InChI=1S/C12H13NO4/c1-2-16-11(14)9-6-7-5-8(13)3-4-10(7)17-12(9)15/h3-5,9H,2,6,13H2,1H3. The molecule has 0 bridgehead atoms. The van der Waals surface area contributed by atoms with E-state index < -0.39 is 17.9 Å². The molecule has 0 fully saturated rings. The molecule has 1 unspecified atom stereocenters. The first kappa shape index (κ1) is 11.4. The van der Waals surface area contributed by atoms with Crippen LogP contribution in [0.1, 0.15) is 12.5 Å². The summed E-state index contributed by atoms with van der Waals surface area (Å²) in [5.74, 6) is -1.54. The number of nitrogens with two attached hydrogens (primary N) is 1. The molecule has 1 heterocycles. The third kappa shape index (κ3) is 2.22. The van der Waals surface area contributed by atoms with Crippen molar-refractivity contribution in [1.29, 1.82) is 0 Å². The normalized spacial score (nSPS) is 18.2. The van der Waals surface area contributed by atoms with Gasteiger partial charge in [0.15, 0.2) is 5.92 Å². The predicted octanol–water partition coefficient (Wildman–Crippen LogP) is 0.910. The van der Waals surface area contributed by atoms with Crippen molar-refractivity contribution in [1.82, 2.24) is 0 Å². The minimum atomic E-state index is -0.885. The first-order valence-corrected chi connectivity index (χ1v) is 5.38. The summed E-state index contributed by atoms with van der Waals surface area (Å²) in [6, 6.07) is 4.98. The molecule has 0 saturated carbocycles. The smallest absolute Gasteiger partial charge is 0.326 e. The van der Waals surface area contributed by atoms with Crippen LogP contribution >= 0.6 is 0 Å². The molecule has 2 N–H and O–H groups in total. The van der Waals surface area contributed by atoms with E-state index in [0.29, 0.717) is 11.4 Å². The van der Waals surface area contributed by atoms with E-state index in [4.69, 9.17) is 15.2 Å². The van der Waals surface area contributed by atoms with Crippen molar-refractivity contribution < 1.29 is 19.1 Å². The fourth-order valence-corrected chi connectivity index (χ4v) is 1.76. The molecule has 90 valence electrons. The van der Waals surface area contributed by atoms with Crippen molar-refractivity contribution in [3.05, 3.63) is 23.8 Å². The number of carbonyl (C=O) groups is 2. The van der Waals surface area contributed by atoms with Crippen molar-refractivity contribution in [2.75, 3.05) is 12.3 Å². The zero-order valence-corrected chi connectivity index (χ0v) is 9.43. The summed E-state index contributed by atoms with van der Waals surface area (Å²) in [6.45, 7) is 1.93. The predicted molar refractivity (Wildman–Crippen MR) is 60.3 cm³/mol. The molecule has 17 heavy (non-hydrogen) atoms. The van der Waals surface area contributed by atoms with E-state index in [1.807, 2.05) is 0 Å². The van der Waals surface area contributed by atoms with Crippen LogP contribution in [-0.4, -0.2) is 18.5 Å². The van der Waals surface area contributed by atoms with Crippen LogP contribution in [0.4, 0.5) is 5.69 Å². The lowest BCUT2D eigenvalue weighted by atomic mass is 9.96. The van der Waals surface area contributed by atoms with Gasteiger partial charge in [0.1, 0.15) is 5.75 Å². The van der Waals surface area contributed by atoms with Gasteiger partial charge in [0.2, 0.25) is 0 Å². The average Bonchev–Trinajstić information content (AvgIpc) is 2.29. The van der Waals surface area contributed by atoms with Gasteiger partial charge in [-0.2, -0.15) is 0 Å². The quantitative estimate of drug-likeness (QED) is 0.357. The number of carbonyl (C=O) groups excluding carboxylic acids is 2. The third-order valence-corrected chi connectivity index (χ3v) is 2.57. The van der Waals surface area contributed by atoms with Crippen LogP contribution < -0.4 is 10.5 Å². The number of hydrogen-bond donors (Lipinski definition) is 1. The minimum Gasteiger partial charge on any atom is -0.465 e. The van der Waals surface area contributed by atoms with E-state index in [1.54, 1.807) is 25.1 Å². The van der Waals surface area contributed by atoms with Gasteiger partial charge in [0.25, 0.3) is 0 Å². The number of ether oxygens (including phenoxy) is 2. The van der Waals surface area contributed by atoms with Crippen molar-refractivity contribution in [3.63, 3.8) is 0 Å². The summed E-state index contributed by atoms with van der Waals surface area (Å²) in [6.07, 6.45) is 0.276. The van der Waals surface area contributed by atoms with Crippen LogP contribution in [0.3, 0.4) is 0 Å². The summed E-state index contributed by atoms with van der Waals surface area (Å²) in [5, 5.41) is 0. The largest absolute Gasteiger partial charge is 0.465 e. The maximum Gasteiger partial charge on any atom is 0.326 e. The average molecular weight is 235 g/mol. The number of benzene rings is 1. The second kappa shape index (κ2) is 4.45. The highest BCUT2D eigenvalue weighted by Gasteiger charge is 2.35. The van der Waals surface area contributed by atoms with Gasteiger partial charge < -0.3 is 15.2 Å². The van der Waals surface area contributed by atoms with Crippen molar-refractivity contribution >= 4 is 17.6 Å². The molecule has 1 aliphatic rings. The Hall–Kier alpha value is -2.04. The maximum atomic E-state index is 11.6. The lowest BCUT2D eigenvalue weighted by Crippen LogP contribution is -2.35. The van der Waals surface area contributed by atoms with E-state index in [0.717, 1.165) is 5.56 Å². The SMILES string of the molecule is CCOC(=O)C1Cc2cc(N)ccc2OC1=O. The Morgan fingerprint density at radius 1 is 1.59 bits per heavy atom. The lowest BCUT2D eigenvalue weighted by molar-refractivity contribution is -0.157. The van der Waals surface area contributed by atoms with E-state index >= 15 is 0 Å². The van der Waals surface area contributed by atoms with Gasteiger partial charge in [-0.05, 0) is 30.7 Å². The van der Waals surface area contributed by atoms with Gasteiger partial charge >= 0.3 is 11.9 Å². The zero-order valence-electron chi connectivity index (χ0n) is 9.43. The van der Waals surface area contributed by atoms with Gasteiger partial charge in [0, 0.05) is 12.1 Å². The van der Waals surface area contributed by atoms with Crippen LogP contribution in [0.15, 0.2) is 18.2 Å². The monoisotopic (exact) mass is 235 g/mol. The van der Waals surface area contributed by atoms with Crippen LogP contribution in [0.2, 0.25) is 0 Å². The maximum absolute atomic E-state index is 11.6. The highest BCUT2D eigenvalue weighted by molar-refractivity contribution is 5.97. The molecule has 0 saturated heterocycles. The molecular weight excluding hydrogens is 222 g/mol. The summed E-state index contributed by atoms with van der Waals surface area (Å²) in [5.41, 5.74) is 6.97. The van der Waals surface area contributed by atoms with E-state index in [2.05, 4.69) is 0 Å². The Bertz CT molecular complexity index is 470. The third-order valence-electron chi connectivity index (χ3n) is 2.57. The van der Waals surface area contributed by atoms with Gasteiger partial charge in [-0.1, -0.05) is 0 Å². The topological polar surface area (TPSA) is 78.6 Å². The Morgan fingerprint density at radius 2 is 2.35 bits per heavy atom. The Morgan fingerprint density at radius 3 is 3.06 bits per heavy atom. The number of hydrogen-bond acceptors (Lipinski definition) is 5. The molecule has 1 aliphatic heterocycles. The van der Waals surface area contributed by atoms with Crippen LogP contribution in [0.25, 0.3) is 0 Å². The molecule has 2 rings (SSSR count). The Kier molecular flexibility index (Phi) is 2.99. The second-order valence-electron chi connectivity index (χ2n) is 3.80. The number of fused-ring (bicyclic) bond motifs is 1. The van der Waals surface area contributed by atoms with Gasteiger partial charge in [0.05, 0.1) is 6.61 Å². The molecule has 5 heteroatoms. The van der Waals surface area contributed by atoms with Gasteiger partial charge in [-0.15, -0.1) is 0 Å². The molecule has 0 aliphatic carbocycles. The molecule has 1 atom stereocenters. The summed E-state index contributed by atoms with van der Waals surface area (Å²) < 4.78 is 9.90. The highest BCUT2D eigenvalue weighted by Crippen LogP contribution is 2.30. The molecule has 0 amide bonds. The molecule has 1 aromatic carbocycles. The highest BCUT2D eigenvalue weighted by atomic mass is 16.6. The molecule has 0 radical (unpaired) electrons. The second-order valence-corrected chi connectivity index (χ2v) is 3.80. The van der Waals surface area contributed by atoms with E-state index in [9.17, 15) is 9.59 Å². The molecule has 1 aromatic rings. The number of esters is 2. The fourth-order valence-electron chi connectivity index (χ4n) is 1.76. The van der Waals surface area contributed by atoms with Crippen molar-refractivity contribution in [3.8, 4) is 5.75 Å². The lowest BCUT2D eigenvalue weighted by Gasteiger charge is -2.22. The Balaban J connectivity index is 2.25. The van der Waals surface area contributed by atoms with Crippen molar-refractivity contribution in [2.45, 2.75) is 13.3 Å². The molecule has 0 spiro atoms. The van der Waals surface area contributed by atoms with Crippen LogP contribution in [0.5, 0.6) is 5.75 Å². The summed E-state index contributed by atoms with van der Waals surface area (Å²) in [7, 11) is 0. The number of rotatable bonds is 2. The molecule has 5 nitrogen and oxygen atoms in total. The van der Waals surface area contributed by atoms with Gasteiger partial charge in [-0.3, -0.25) is 9.59 Å². The molecular formula is C12H13NO4. The van der Waals surface area contributed by atoms with E-state index in [1.165, 1.54) is 0 Å². The molecule has 0 aromatic heterocycles. The van der Waals surface area contributed by atoms with E-state index in [-0.39, 0.29) is 13.0 Å². The number of nitrogen functional groups attached to an aromatic ring is 1. The first-order valence-electron chi connectivity index (χ1n) is 5.38. The zero-order chi connectivity index (χ0) is 12.4. The first-order chi connectivity index (χ1) is 8.11. The minimum absolute atomic E-state index is 0.242. The van der Waals surface area contributed by atoms with Crippen molar-refractivity contribution in [2.24, 2.45) is 5.92 Å². The fraction of sp³-hybridized carbons (Fsp3) is 0.333.